The molecule has 12 heavy (non-hydrogen) atoms. The Kier molecular flexibility index (Phi) is 5.66. The van der Waals surface area contributed by atoms with Crippen molar-refractivity contribution in [2.75, 3.05) is 13.2 Å². The van der Waals surface area contributed by atoms with Crippen LogP contribution >= 0.6 is 0 Å². The topological polar surface area (TPSA) is 69.6 Å². The molecular weight excluding hydrogens is 158 g/mol. The van der Waals surface area contributed by atoms with Gasteiger partial charge in [-0.25, -0.2) is 0 Å². The van der Waals surface area contributed by atoms with Crippen molar-refractivity contribution in [2.24, 2.45) is 5.92 Å². The van der Waals surface area contributed by atoms with Gasteiger partial charge in [0, 0.05) is 6.61 Å². The predicted octanol–water partition coefficient (Wildman–Crippen LogP) is 0.0676. The van der Waals surface area contributed by atoms with Crippen LogP contribution in [0.5, 0.6) is 0 Å². The zero-order valence-corrected chi connectivity index (χ0v) is 7.58. The van der Waals surface area contributed by atoms with Crippen LogP contribution in [0.25, 0.3) is 0 Å². The molecule has 0 aromatic carbocycles. The highest BCUT2D eigenvalue weighted by atomic mass is 16.4. The molecule has 0 bridgehead atoms. The zero-order valence-electron chi connectivity index (χ0n) is 7.58. The number of carboxylic acid groups (broad SMARTS) is 1. The van der Waals surface area contributed by atoms with Gasteiger partial charge in [0.15, 0.2) is 0 Å². The van der Waals surface area contributed by atoms with Crippen molar-refractivity contribution in [3.8, 4) is 0 Å². The Balaban J connectivity index is 3.72. The van der Waals surface area contributed by atoms with Crippen molar-refractivity contribution >= 4 is 5.97 Å². The van der Waals surface area contributed by atoms with E-state index in [1.54, 1.807) is 0 Å². The first-order valence-electron chi connectivity index (χ1n) is 4.16. The number of nitrogens with one attached hydrogen (secondary N) is 1. The average molecular weight is 175 g/mol. The van der Waals surface area contributed by atoms with E-state index in [9.17, 15) is 4.79 Å². The minimum atomic E-state index is -0.831. The molecule has 1 unspecified atom stereocenters. The minimum absolute atomic E-state index is 0.0705. The molecule has 0 heterocycles. The molecule has 0 aliphatic carbocycles. The summed E-state index contributed by atoms with van der Waals surface area (Å²) in [7, 11) is 0. The van der Waals surface area contributed by atoms with E-state index in [0.29, 0.717) is 13.0 Å². The molecule has 72 valence electrons. The number of carboxylic acids is 1. The maximum absolute atomic E-state index is 10.6. The van der Waals surface area contributed by atoms with E-state index < -0.39 is 12.0 Å². The van der Waals surface area contributed by atoms with Crippen molar-refractivity contribution in [3.05, 3.63) is 0 Å². The average Bonchev–Trinajstić information content (AvgIpc) is 1.96. The molecule has 0 spiro atoms. The van der Waals surface area contributed by atoms with E-state index in [0.717, 1.165) is 0 Å². The first-order chi connectivity index (χ1) is 5.59. The molecule has 0 radical (unpaired) electrons. The van der Waals surface area contributed by atoms with Gasteiger partial charge in [-0.05, 0) is 18.9 Å². The molecular formula is C8H17NO3. The van der Waals surface area contributed by atoms with Crippen LogP contribution in [0.3, 0.4) is 0 Å². The van der Waals surface area contributed by atoms with E-state index in [4.69, 9.17) is 10.2 Å². The minimum Gasteiger partial charge on any atom is -0.480 e. The molecule has 0 fully saturated rings. The molecule has 3 N–H and O–H groups in total. The summed E-state index contributed by atoms with van der Waals surface area (Å²) >= 11 is 0. The van der Waals surface area contributed by atoms with Crippen LogP contribution in [0.1, 0.15) is 20.3 Å². The van der Waals surface area contributed by atoms with Crippen molar-refractivity contribution in [3.63, 3.8) is 0 Å². The monoisotopic (exact) mass is 175 g/mol. The largest absolute Gasteiger partial charge is 0.480 e. The lowest BCUT2D eigenvalue weighted by molar-refractivity contribution is -0.140. The van der Waals surface area contributed by atoms with Gasteiger partial charge in [0.25, 0.3) is 0 Å². The van der Waals surface area contributed by atoms with Gasteiger partial charge in [0.05, 0.1) is 0 Å². The fraction of sp³-hybridized carbons (Fsp3) is 0.875. The Morgan fingerprint density at radius 1 is 1.50 bits per heavy atom. The highest BCUT2D eigenvalue weighted by Crippen LogP contribution is 2.00. The second-order valence-electron chi connectivity index (χ2n) is 3.09. The number of rotatable bonds is 6. The fourth-order valence-electron chi connectivity index (χ4n) is 0.945. The second-order valence-corrected chi connectivity index (χ2v) is 3.09. The van der Waals surface area contributed by atoms with Crippen LogP contribution in [-0.2, 0) is 4.79 Å². The van der Waals surface area contributed by atoms with Crippen molar-refractivity contribution in [1.29, 1.82) is 0 Å². The number of aliphatic carboxylic acids is 1. The third kappa shape index (κ3) is 4.31. The summed E-state index contributed by atoms with van der Waals surface area (Å²) in [6.07, 6.45) is 0.594. The summed E-state index contributed by atoms with van der Waals surface area (Å²) in [4.78, 5) is 10.6. The van der Waals surface area contributed by atoms with Crippen LogP contribution in [0.4, 0.5) is 0 Å². The van der Waals surface area contributed by atoms with Gasteiger partial charge in [-0.2, -0.15) is 0 Å². The molecule has 0 amide bonds. The number of carbonyl (C=O) groups is 1. The molecule has 0 aromatic heterocycles. The van der Waals surface area contributed by atoms with Crippen LogP contribution in [-0.4, -0.2) is 35.4 Å². The molecule has 0 aliphatic rings. The molecule has 0 saturated carbocycles. The lowest BCUT2D eigenvalue weighted by atomic mass is 10.1. The smallest absolute Gasteiger partial charge is 0.320 e. The Labute approximate surface area is 72.6 Å². The maximum atomic E-state index is 10.6. The summed E-state index contributed by atoms with van der Waals surface area (Å²) in [6.45, 7) is 4.35. The molecule has 0 aromatic rings. The predicted molar refractivity (Wildman–Crippen MR) is 46.0 cm³/mol. The van der Waals surface area contributed by atoms with Gasteiger partial charge in [-0.1, -0.05) is 13.8 Å². The second kappa shape index (κ2) is 5.97. The summed E-state index contributed by atoms with van der Waals surface area (Å²) in [6, 6.07) is -0.503. The summed E-state index contributed by atoms with van der Waals surface area (Å²) in [5, 5.41) is 20.0. The number of aliphatic hydroxyl groups is 1. The Morgan fingerprint density at radius 2 is 2.08 bits per heavy atom. The highest BCUT2D eigenvalue weighted by molar-refractivity contribution is 5.73. The van der Waals surface area contributed by atoms with Gasteiger partial charge in [0.2, 0.25) is 0 Å². The molecule has 4 heteroatoms. The quantitative estimate of drug-likeness (QED) is 0.499. The van der Waals surface area contributed by atoms with Crippen LogP contribution in [0.15, 0.2) is 0 Å². The van der Waals surface area contributed by atoms with Gasteiger partial charge in [-0.15, -0.1) is 0 Å². The zero-order chi connectivity index (χ0) is 9.56. The Bertz CT molecular complexity index is 136. The van der Waals surface area contributed by atoms with E-state index in [1.165, 1.54) is 0 Å². The Hall–Kier alpha value is -0.610. The summed E-state index contributed by atoms with van der Waals surface area (Å²) < 4.78 is 0. The van der Waals surface area contributed by atoms with Crippen molar-refractivity contribution in [1.82, 2.24) is 5.32 Å². The Morgan fingerprint density at radius 3 is 2.42 bits per heavy atom. The molecule has 0 saturated heterocycles. The lowest BCUT2D eigenvalue weighted by Crippen LogP contribution is -2.41. The lowest BCUT2D eigenvalue weighted by Gasteiger charge is -2.17. The number of hydrogen-bond acceptors (Lipinski definition) is 3. The highest BCUT2D eigenvalue weighted by Gasteiger charge is 2.19. The molecule has 0 aliphatic heterocycles. The van der Waals surface area contributed by atoms with Crippen LogP contribution < -0.4 is 5.32 Å². The van der Waals surface area contributed by atoms with E-state index in [1.807, 2.05) is 13.8 Å². The third-order valence-electron chi connectivity index (χ3n) is 1.63. The first kappa shape index (κ1) is 11.4. The summed E-state index contributed by atoms with van der Waals surface area (Å²) in [5.74, 6) is -0.760. The standard InChI is InChI=1S/C8H17NO3/c1-6(2)7(8(11)12)9-4-3-5-10/h6-7,9-10H,3-5H2,1-2H3,(H,11,12). The van der Waals surface area contributed by atoms with Gasteiger partial charge in [0.1, 0.15) is 6.04 Å². The van der Waals surface area contributed by atoms with Crippen molar-refractivity contribution < 1.29 is 15.0 Å². The number of aliphatic hydroxyl groups excluding tert-OH is 1. The first-order valence-corrected chi connectivity index (χ1v) is 4.16. The fourth-order valence-corrected chi connectivity index (χ4v) is 0.945. The van der Waals surface area contributed by atoms with Crippen LogP contribution in [0, 0.1) is 5.92 Å². The SMILES string of the molecule is CC(C)C(NCCCO)C(=O)O. The summed E-state index contributed by atoms with van der Waals surface area (Å²) in [5.41, 5.74) is 0. The van der Waals surface area contributed by atoms with Crippen LogP contribution in [0.2, 0.25) is 0 Å². The van der Waals surface area contributed by atoms with E-state index >= 15 is 0 Å². The van der Waals surface area contributed by atoms with Gasteiger partial charge < -0.3 is 15.5 Å². The van der Waals surface area contributed by atoms with Crippen molar-refractivity contribution in [2.45, 2.75) is 26.3 Å². The molecule has 0 rings (SSSR count). The molecule has 4 nitrogen and oxygen atoms in total. The third-order valence-corrected chi connectivity index (χ3v) is 1.63. The number of hydrogen-bond donors (Lipinski definition) is 3. The molecule has 1 atom stereocenters. The normalized spacial score (nSPS) is 13.3. The maximum Gasteiger partial charge on any atom is 0.320 e. The van der Waals surface area contributed by atoms with E-state index in [-0.39, 0.29) is 12.5 Å². The van der Waals surface area contributed by atoms with E-state index in [2.05, 4.69) is 5.32 Å². The van der Waals surface area contributed by atoms with Gasteiger partial charge in [-0.3, -0.25) is 4.79 Å². The van der Waals surface area contributed by atoms with Gasteiger partial charge >= 0.3 is 5.97 Å².